The van der Waals surface area contributed by atoms with Crippen LogP contribution in [0, 0.1) is 0 Å². The van der Waals surface area contributed by atoms with Crippen molar-refractivity contribution in [2.24, 2.45) is 0 Å². The molecule has 23 heavy (non-hydrogen) atoms. The van der Waals surface area contributed by atoms with Gasteiger partial charge in [-0.1, -0.05) is 12.1 Å². The molecule has 0 radical (unpaired) electrons. The van der Waals surface area contributed by atoms with Crippen molar-refractivity contribution in [3.8, 4) is 0 Å². The van der Waals surface area contributed by atoms with Crippen LogP contribution in [0.25, 0.3) is 0 Å². The zero-order valence-electron chi connectivity index (χ0n) is 11.6. The highest BCUT2D eigenvalue weighted by Crippen LogP contribution is 2.38. The summed E-state index contributed by atoms with van der Waals surface area (Å²) in [6, 6.07) is 5.60. The molecule has 0 bridgehead atoms. The summed E-state index contributed by atoms with van der Waals surface area (Å²) < 4.78 is 29.1. The maximum Gasteiger partial charge on any atom is 0.337 e. The van der Waals surface area contributed by atoms with Crippen LogP contribution in [-0.4, -0.2) is 22.2 Å². The van der Waals surface area contributed by atoms with E-state index in [9.17, 15) is 18.4 Å². The van der Waals surface area contributed by atoms with E-state index in [0.717, 1.165) is 36.4 Å². The number of hydrogen-bond acceptors (Lipinski definition) is 4. The predicted octanol–water partition coefficient (Wildman–Crippen LogP) is 2.39. The Bertz CT molecular complexity index is 741. The van der Waals surface area contributed by atoms with E-state index in [1.807, 2.05) is 0 Å². The van der Waals surface area contributed by atoms with Crippen LogP contribution in [0.15, 0.2) is 36.4 Å². The normalized spacial score (nSPS) is 11.2. The number of aromatic carboxylic acids is 2. The molecule has 0 saturated carbocycles. The summed E-state index contributed by atoms with van der Waals surface area (Å²) in [6.45, 7) is 0. The maximum atomic E-state index is 14.6. The Morgan fingerprint density at radius 2 is 1.17 bits per heavy atom. The molecule has 0 aliphatic carbocycles. The zero-order chi connectivity index (χ0) is 17.4. The number of nitrogens with two attached hydrogens (primary N) is 2. The fourth-order valence-corrected chi connectivity index (χ4v) is 2.04. The number of carboxylic acids is 2. The van der Waals surface area contributed by atoms with E-state index in [0.29, 0.717) is 0 Å². The predicted molar refractivity (Wildman–Crippen MR) is 78.6 cm³/mol. The fourth-order valence-electron chi connectivity index (χ4n) is 2.04. The lowest BCUT2D eigenvalue weighted by molar-refractivity contribution is 0.0426. The number of anilines is 2. The van der Waals surface area contributed by atoms with Crippen LogP contribution in [-0.2, 0) is 5.92 Å². The molecule has 2 aromatic carbocycles. The average Bonchev–Trinajstić information content (AvgIpc) is 2.47. The van der Waals surface area contributed by atoms with Gasteiger partial charge in [0.05, 0.1) is 11.1 Å². The van der Waals surface area contributed by atoms with Crippen LogP contribution in [0.2, 0.25) is 0 Å². The molecule has 2 rings (SSSR count). The lowest BCUT2D eigenvalue weighted by Gasteiger charge is -2.19. The van der Waals surface area contributed by atoms with Gasteiger partial charge in [-0.25, -0.2) is 9.59 Å². The highest BCUT2D eigenvalue weighted by atomic mass is 19.3. The first-order valence-electron chi connectivity index (χ1n) is 6.29. The molecule has 2 aromatic rings. The standard InChI is InChI=1S/C15H12F2N2O4/c16-15(17,7-1-3-11(18)9(5-7)13(20)21)8-2-4-12(19)10(6-8)14(22)23/h1-6H,18-19H2,(H,20,21)(H,22,23). The Labute approximate surface area is 129 Å². The molecule has 8 heteroatoms. The molecule has 0 spiro atoms. The Kier molecular flexibility index (Phi) is 3.92. The van der Waals surface area contributed by atoms with Gasteiger partial charge >= 0.3 is 11.9 Å². The molecule has 0 aliphatic rings. The average molecular weight is 322 g/mol. The molecule has 6 N–H and O–H groups in total. The highest BCUT2D eigenvalue weighted by Gasteiger charge is 2.35. The SMILES string of the molecule is Nc1ccc(C(F)(F)c2ccc(N)c(C(=O)O)c2)cc1C(=O)O. The van der Waals surface area contributed by atoms with Crippen LogP contribution < -0.4 is 11.5 Å². The maximum absolute atomic E-state index is 14.6. The largest absolute Gasteiger partial charge is 0.478 e. The van der Waals surface area contributed by atoms with E-state index in [2.05, 4.69) is 0 Å². The van der Waals surface area contributed by atoms with E-state index in [1.54, 1.807) is 0 Å². The number of carbonyl (C=O) groups is 2. The molecule has 0 unspecified atom stereocenters. The lowest BCUT2D eigenvalue weighted by atomic mass is 9.96. The molecule has 0 aromatic heterocycles. The minimum atomic E-state index is -3.62. The van der Waals surface area contributed by atoms with Crippen LogP contribution in [0.4, 0.5) is 20.2 Å². The first-order chi connectivity index (χ1) is 10.6. The quantitative estimate of drug-likeness (QED) is 0.640. The van der Waals surface area contributed by atoms with E-state index in [4.69, 9.17) is 21.7 Å². The van der Waals surface area contributed by atoms with Gasteiger partial charge < -0.3 is 21.7 Å². The van der Waals surface area contributed by atoms with Crippen molar-refractivity contribution < 1.29 is 28.6 Å². The minimum absolute atomic E-state index is 0.152. The molecule has 0 amide bonds. The molecular formula is C15H12F2N2O4. The van der Waals surface area contributed by atoms with Crippen LogP contribution in [0.1, 0.15) is 31.8 Å². The topological polar surface area (TPSA) is 127 Å². The third-order valence-electron chi connectivity index (χ3n) is 3.29. The first kappa shape index (κ1) is 16.2. The smallest absolute Gasteiger partial charge is 0.337 e. The van der Waals surface area contributed by atoms with E-state index < -0.39 is 40.1 Å². The molecule has 0 atom stereocenters. The van der Waals surface area contributed by atoms with Crippen molar-refractivity contribution in [2.75, 3.05) is 11.5 Å². The Hall–Kier alpha value is -3.16. The molecule has 0 heterocycles. The summed E-state index contributed by atoms with van der Waals surface area (Å²) in [5, 5.41) is 17.9. The third-order valence-corrected chi connectivity index (χ3v) is 3.29. The van der Waals surface area contributed by atoms with Gasteiger partial charge in [0.15, 0.2) is 0 Å². The summed E-state index contributed by atoms with van der Waals surface area (Å²) in [4.78, 5) is 22.0. The van der Waals surface area contributed by atoms with Crippen LogP contribution in [0.5, 0.6) is 0 Å². The van der Waals surface area contributed by atoms with Gasteiger partial charge in [-0.15, -0.1) is 0 Å². The second-order valence-electron chi connectivity index (χ2n) is 4.79. The van der Waals surface area contributed by atoms with E-state index in [1.165, 1.54) is 0 Å². The van der Waals surface area contributed by atoms with Gasteiger partial charge in [0.1, 0.15) is 0 Å². The third kappa shape index (κ3) is 2.91. The Morgan fingerprint density at radius 3 is 1.48 bits per heavy atom. The van der Waals surface area contributed by atoms with Crippen molar-refractivity contribution in [3.63, 3.8) is 0 Å². The summed E-state index contributed by atoms with van der Waals surface area (Å²) in [5.41, 5.74) is 8.40. The summed E-state index contributed by atoms with van der Waals surface area (Å²) in [7, 11) is 0. The second kappa shape index (κ2) is 5.56. The van der Waals surface area contributed by atoms with Gasteiger partial charge in [0, 0.05) is 22.5 Å². The van der Waals surface area contributed by atoms with Crippen molar-refractivity contribution in [2.45, 2.75) is 5.92 Å². The summed E-state index contributed by atoms with van der Waals surface area (Å²) in [6.07, 6.45) is 0. The molecule has 0 fully saturated rings. The molecule has 0 aliphatic heterocycles. The van der Waals surface area contributed by atoms with Crippen molar-refractivity contribution in [3.05, 3.63) is 58.7 Å². The number of hydrogen-bond donors (Lipinski definition) is 4. The van der Waals surface area contributed by atoms with Gasteiger partial charge in [-0.2, -0.15) is 8.78 Å². The summed E-state index contributed by atoms with van der Waals surface area (Å²) in [5.74, 6) is -6.50. The second-order valence-corrected chi connectivity index (χ2v) is 4.79. The zero-order valence-corrected chi connectivity index (χ0v) is 11.6. The van der Waals surface area contributed by atoms with Gasteiger partial charge in [0.2, 0.25) is 0 Å². The number of alkyl halides is 2. The fraction of sp³-hybridized carbons (Fsp3) is 0.0667. The van der Waals surface area contributed by atoms with Gasteiger partial charge in [-0.05, 0) is 24.3 Å². The number of rotatable bonds is 4. The number of benzene rings is 2. The van der Waals surface area contributed by atoms with Crippen LogP contribution in [0.3, 0.4) is 0 Å². The molecular weight excluding hydrogens is 310 g/mol. The Balaban J connectivity index is 2.58. The van der Waals surface area contributed by atoms with Crippen molar-refractivity contribution in [1.82, 2.24) is 0 Å². The lowest BCUT2D eigenvalue weighted by Crippen LogP contribution is -2.18. The monoisotopic (exact) mass is 322 g/mol. The van der Waals surface area contributed by atoms with Gasteiger partial charge in [-0.3, -0.25) is 0 Å². The first-order valence-corrected chi connectivity index (χ1v) is 6.29. The summed E-state index contributed by atoms with van der Waals surface area (Å²) >= 11 is 0. The van der Waals surface area contributed by atoms with Crippen LogP contribution >= 0.6 is 0 Å². The van der Waals surface area contributed by atoms with Crippen molar-refractivity contribution in [1.29, 1.82) is 0 Å². The number of carboxylic acid groups (broad SMARTS) is 2. The van der Waals surface area contributed by atoms with Gasteiger partial charge in [0.25, 0.3) is 5.92 Å². The molecule has 6 nitrogen and oxygen atoms in total. The van der Waals surface area contributed by atoms with Crippen molar-refractivity contribution >= 4 is 23.3 Å². The molecule has 120 valence electrons. The Morgan fingerprint density at radius 1 is 0.826 bits per heavy atom. The number of nitrogen functional groups attached to an aromatic ring is 2. The highest BCUT2D eigenvalue weighted by molar-refractivity contribution is 5.94. The van der Waals surface area contributed by atoms with E-state index in [-0.39, 0.29) is 11.4 Å². The minimum Gasteiger partial charge on any atom is -0.478 e. The number of halogens is 2. The molecule has 0 saturated heterocycles. The van der Waals surface area contributed by atoms with E-state index >= 15 is 0 Å².